The number of rotatable bonds is 5. The maximum absolute atomic E-state index is 12.6. The van der Waals surface area contributed by atoms with Crippen molar-refractivity contribution in [3.63, 3.8) is 0 Å². The summed E-state index contributed by atoms with van der Waals surface area (Å²) in [5.74, 6) is 1.23. The van der Waals surface area contributed by atoms with E-state index in [1.807, 2.05) is 24.4 Å². The predicted octanol–water partition coefficient (Wildman–Crippen LogP) is 1.99. The Morgan fingerprint density at radius 3 is 3.28 bits per heavy atom. The van der Waals surface area contributed by atoms with Crippen LogP contribution in [-0.2, 0) is 13.0 Å². The fourth-order valence-electron chi connectivity index (χ4n) is 3.80. The van der Waals surface area contributed by atoms with E-state index in [1.54, 1.807) is 6.33 Å². The van der Waals surface area contributed by atoms with E-state index in [1.165, 1.54) is 6.42 Å². The first-order valence-electron chi connectivity index (χ1n) is 9.02. The highest BCUT2D eigenvalue weighted by atomic mass is 16.5. The van der Waals surface area contributed by atoms with Crippen LogP contribution < -0.4 is 10.1 Å². The average molecular weight is 340 g/mol. The normalized spacial score (nSPS) is 20.1. The van der Waals surface area contributed by atoms with Gasteiger partial charge in [-0.05, 0) is 36.9 Å². The molecule has 2 N–H and O–H groups in total. The summed E-state index contributed by atoms with van der Waals surface area (Å²) in [5.41, 5.74) is 2.94. The molecule has 0 saturated carbocycles. The molecule has 132 valence electrons. The highest BCUT2D eigenvalue weighted by molar-refractivity contribution is 5.97. The second-order valence-corrected chi connectivity index (χ2v) is 6.92. The van der Waals surface area contributed by atoms with Crippen LogP contribution in [0.4, 0.5) is 0 Å². The van der Waals surface area contributed by atoms with Crippen LogP contribution in [0.25, 0.3) is 0 Å². The number of para-hydroxylation sites is 1. The second-order valence-electron chi connectivity index (χ2n) is 6.92. The zero-order valence-electron chi connectivity index (χ0n) is 14.3. The molecule has 0 radical (unpaired) electrons. The molecule has 2 aliphatic rings. The fraction of sp³-hybridized carbons (Fsp3) is 0.474. The summed E-state index contributed by atoms with van der Waals surface area (Å²) in [5, 5.41) is 3.11. The van der Waals surface area contributed by atoms with Gasteiger partial charge in [0.25, 0.3) is 5.91 Å². The molecule has 1 amide bonds. The molecule has 1 atom stereocenters. The van der Waals surface area contributed by atoms with Crippen LogP contribution in [0, 0.1) is 5.92 Å². The van der Waals surface area contributed by atoms with Crippen LogP contribution in [0.5, 0.6) is 5.75 Å². The number of imidazole rings is 1. The molecule has 0 spiro atoms. The zero-order chi connectivity index (χ0) is 17.1. The van der Waals surface area contributed by atoms with Crippen molar-refractivity contribution >= 4 is 5.91 Å². The van der Waals surface area contributed by atoms with Crippen LogP contribution in [0.15, 0.2) is 30.7 Å². The van der Waals surface area contributed by atoms with E-state index in [2.05, 4.69) is 20.2 Å². The van der Waals surface area contributed by atoms with Gasteiger partial charge in [-0.1, -0.05) is 12.1 Å². The standard InChI is InChI=1S/C19H24N4O2/c24-19(17-5-1-4-15-6-8-25-18(15)17)21-9-14-3-2-7-23(11-14)12-16-10-20-13-22-16/h1,4-5,10,13-14H,2-3,6-9,11-12H2,(H,20,22)(H,21,24). The molecule has 2 aromatic rings. The molecule has 1 saturated heterocycles. The molecule has 25 heavy (non-hydrogen) atoms. The number of aromatic amines is 1. The molecule has 4 rings (SSSR count). The highest BCUT2D eigenvalue weighted by Gasteiger charge is 2.23. The summed E-state index contributed by atoms with van der Waals surface area (Å²) in [6, 6.07) is 5.83. The molecule has 0 bridgehead atoms. The monoisotopic (exact) mass is 340 g/mol. The molecular formula is C19H24N4O2. The Hall–Kier alpha value is -2.34. The number of nitrogens with zero attached hydrogens (tertiary/aromatic N) is 2. The quantitative estimate of drug-likeness (QED) is 0.873. The number of amides is 1. The summed E-state index contributed by atoms with van der Waals surface area (Å²) >= 11 is 0. The van der Waals surface area contributed by atoms with Gasteiger partial charge >= 0.3 is 0 Å². The molecule has 1 fully saturated rings. The molecule has 3 heterocycles. The smallest absolute Gasteiger partial charge is 0.255 e. The van der Waals surface area contributed by atoms with E-state index in [-0.39, 0.29) is 5.91 Å². The van der Waals surface area contributed by atoms with E-state index in [0.717, 1.165) is 49.5 Å². The molecular weight excluding hydrogens is 316 g/mol. The lowest BCUT2D eigenvalue weighted by atomic mass is 9.97. The number of nitrogens with one attached hydrogen (secondary N) is 2. The van der Waals surface area contributed by atoms with Gasteiger partial charge in [-0.2, -0.15) is 0 Å². The van der Waals surface area contributed by atoms with E-state index in [0.29, 0.717) is 24.6 Å². The number of hydrogen-bond acceptors (Lipinski definition) is 4. The molecule has 2 aliphatic heterocycles. The number of aromatic nitrogens is 2. The van der Waals surface area contributed by atoms with Crippen molar-refractivity contribution in [1.82, 2.24) is 20.2 Å². The van der Waals surface area contributed by atoms with Crippen molar-refractivity contribution in [1.29, 1.82) is 0 Å². The van der Waals surface area contributed by atoms with Crippen molar-refractivity contribution in [3.05, 3.63) is 47.5 Å². The first kappa shape index (κ1) is 16.1. The Kier molecular flexibility index (Phi) is 4.70. The van der Waals surface area contributed by atoms with Crippen molar-refractivity contribution in [2.75, 3.05) is 26.2 Å². The van der Waals surface area contributed by atoms with Crippen LogP contribution in [-0.4, -0.2) is 47.0 Å². The first-order valence-corrected chi connectivity index (χ1v) is 9.02. The van der Waals surface area contributed by atoms with Crippen molar-refractivity contribution in [2.24, 2.45) is 5.92 Å². The summed E-state index contributed by atoms with van der Waals surface area (Å²) in [6.07, 6.45) is 6.81. The number of H-pyrrole nitrogens is 1. The molecule has 1 aromatic carbocycles. The minimum atomic E-state index is -0.0237. The Morgan fingerprint density at radius 2 is 2.40 bits per heavy atom. The Balaban J connectivity index is 1.32. The minimum absolute atomic E-state index is 0.0237. The van der Waals surface area contributed by atoms with E-state index in [9.17, 15) is 4.79 Å². The Labute approximate surface area is 147 Å². The molecule has 6 heteroatoms. The summed E-state index contributed by atoms with van der Waals surface area (Å²) in [6.45, 7) is 4.38. The van der Waals surface area contributed by atoms with Gasteiger partial charge in [0.05, 0.1) is 18.5 Å². The van der Waals surface area contributed by atoms with Gasteiger partial charge in [-0.25, -0.2) is 4.98 Å². The Morgan fingerprint density at radius 1 is 1.44 bits per heavy atom. The number of benzene rings is 1. The van der Waals surface area contributed by atoms with E-state index in [4.69, 9.17) is 4.74 Å². The maximum atomic E-state index is 12.6. The molecule has 1 unspecified atom stereocenters. The number of fused-ring (bicyclic) bond motifs is 1. The predicted molar refractivity (Wildman–Crippen MR) is 94.6 cm³/mol. The Bertz CT molecular complexity index is 729. The van der Waals surface area contributed by atoms with Gasteiger partial charge in [0, 0.05) is 37.9 Å². The van der Waals surface area contributed by atoms with Crippen LogP contribution in [0.1, 0.15) is 34.5 Å². The van der Waals surface area contributed by atoms with Crippen LogP contribution >= 0.6 is 0 Å². The largest absolute Gasteiger partial charge is 0.492 e. The van der Waals surface area contributed by atoms with Crippen molar-refractivity contribution < 1.29 is 9.53 Å². The van der Waals surface area contributed by atoms with Gasteiger partial charge in [0.15, 0.2) is 0 Å². The van der Waals surface area contributed by atoms with Gasteiger partial charge in [-0.3, -0.25) is 9.69 Å². The van der Waals surface area contributed by atoms with Gasteiger partial charge in [0.2, 0.25) is 0 Å². The third-order valence-electron chi connectivity index (χ3n) is 5.06. The lowest BCUT2D eigenvalue weighted by Gasteiger charge is -2.32. The number of carbonyl (C=O) groups excluding carboxylic acids is 1. The number of piperidine rings is 1. The lowest BCUT2D eigenvalue weighted by molar-refractivity contribution is 0.0927. The summed E-state index contributed by atoms with van der Waals surface area (Å²) < 4.78 is 5.64. The molecule has 0 aliphatic carbocycles. The number of carbonyl (C=O) groups is 1. The van der Waals surface area contributed by atoms with Gasteiger partial charge in [0.1, 0.15) is 5.75 Å². The van der Waals surface area contributed by atoms with Crippen molar-refractivity contribution in [3.8, 4) is 5.75 Å². The molecule has 1 aromatic heterocycles. The second kappa shape index (κ2) is 7.27. The van der Waals surface area contributed by atoms with Crippen LogP contribution in [0.2, 0.25) is 0 Å². The van der Waals surface area contributed by atoms with Gasteiger partial charge in [-0.15, -0.1) is 0 Å². The van der Waals surface area contributed by atoms with Crippen LogP contribution in [0.3, 0.4) is 0 Å². The topological polar surface area (TPSA) is 70.2 Å². The molecule has 6 nitrogen and oxygen atoms in total. The fourth-order valence-corrected chi connectivity index (χ4v) is 3.80. The number of hydrogen-bond donors (Lipinski definition) is 2. The van der Waals surface area contributed by atoms with Gasteiger partial charge < -0.3 is 15.0 Å². The van der Waals surface area contributed by atoms with E-state index >= 15 is 0 Å². The minimum Gasteiger partial charge on any atom is -0.492 e. The van der Waals surface area contributed by atoms with E-state index < -0.39 is 0 Å². The highest BCUT2D eigenvalue weighted by Crippen LogP contribution is 2.29. The summed E-state index contributed by atoms with van der Waals surface area (Å²) in [4.78, 5) is 22.2. The number of ether oxygens (including phenoxy) is 1. The third-order valence-corrected chi connectivity index (χ3v) is 5.06. The summed E-state index contributed by atoms with van der Waals surface area (Å²) in [7, 11) is 0. The third kappa shape index (κ3) is 3.69. The first-order chi connectivity index (χ1) is 12.3. The average Bonchev–Trinajstić information content (AvgIpc) is 3.31. The SMILES string of the molecule is O=C(NCC1CCCN(Cc2cnc[nH]2)C1)c1cccc2c1OCC2. The maximum Gasteiger partial charge on any atom is 0.255 e. The number of likely N-dealkylation sites (tertiary alicyclic amines) is 1. The van der Waals surface area contributed by atoms with Crippen molar-refractivity contribution in [2.45, 2.75) is 25.8 Å². The zero-order valence-corrected chi connectivity index (χ0v) is 14.3. The lowest BCUT2D eigenvalue weighted by Crippen LogP contribution is -2.40.